The van der Waals surface area contributed by atoms with Gasteiger partial charge in [-0.05, 0) is 61.2 Å². The molecule has 0 aliphatic carbocycles. The number of anilines is 1. The highest BCUT2D eigenvalue weighted by molar-refractivity contribution is 7.92. The van der Waals surface area contributed by atoms with Crippen LogP contribution in [-0.4, -0.2) is 14.3 Å². The SMILES string of the molecule is CCc1ccc([C@@H](C)NC(=O)c2ccccc2N(Cc2ccccc2)S(=O)(=O)c2ccc(C)cc2)cc1. The number of nitrogens with one attached hydrogen (secondary N) is 1. The van der Waals surface area contributed by atoms with Gasteiger partial charge in [-0.25, -0.2) is 8.42 Å². The van der Waals surface area contributed by atoms with Crippen molar-refractivity contribution in [1.29, 1.82) is 0 Å². The van der Waals surface area contributed by atoms with Gasteiger partial charge in [-0.1, -0.05) is 91.3 Å². The van der Waals surface area contributed by atoms with Crippen LogP contribution < -0.4 is 9.62 Å². The number of hydrogen-bond acceptors (Lipinski definition) is 3. The molecular formula is C31H32N2O3S. The van der Waals surface area contributed by atoms with Gasteiger partial charge in [0.2, 0.25) is 0 Å². The highest BCUT2D eigenvalue weighted by atomic mass is 32.2. The van der Waals surface area contributed by atoms with Gasteiger partial charge in [-0.3, -0.25) is 9.10 Å². The molecule has 0 heterocycles. The van der Waals surface area contributed by atoms with Crippen LogP contribution in [-0.2, 0) is 23.0 Å². The number of nitrogens with zero attached hydrogens (tertiary/aromatic N) is 1. The van der Waals surface area contributed by atoms with E-state index in [9.17, 15) is 13.2 Å². The topological polar surface area (TPSA) is 66.5 Å². The van der Waals surface area contributed by atoms with Crippen molar-refractivity contribution in [3.63, 3.8) is 0 Å². The Morgan fingerprint density at radius 1 is 0.811 bits per heavy atom. The molecule has 4 aromatic carbocycles. The first kappa shape index (κ1) is 26.2. The first-order valence-corrected chi connectivity index (χ1v) is 13.9. The normalized spacial score (nSPS) is 12.1. The molecule has 0 radical (unpaired) electrons. The average molecular weight is 513 g/mol. The van der Waals surface area contributed by atoms with Crippen molar-refractivity contribution in [3.8, 4) is 0 Å². The van der Waals surface area contributed by atoms with Gasteiger partial charge in [0.05, 0.1) is 28.7 Å². The summed E-state index contributed by atoms with van der Waals surface area (Å²) in [7, 11) is -3.96. The van der Waals surface area contributed by atoms with Crippen molar-refractivity contribution in [1.82, 2.24) is 5.32 Å². The smallest absolute Gasteiger partial charge is 0.264 e. The predicted octanol–water partition coefficient (Wildman–Crippen LogP) is 6.44. The molecule has 4 aromatic rings. The van der Waals surface area contributed by atoms with E-state index in [1.807, 2.05) is 56.3 Å². The molecule has 0 bridgehead atoms. The molecule has 0 aliphatic rings. The number of rotatable bonds is 9. The first-order valence-electron chi connectivity index (χ1n) is 12.4. The van der Waals surface area contributed by atoms with E-state index in [1.54, 1.807) is 48.5 Å². The van der Waals surface area contributed by atoms with E-state index < -0.39 is 10.0 Å². The molecule has 1 N–H and O–H groups in total. The third kappa shape index (κ3) is 6.09. The zero-order chi connectivity index (χ0) is 26.4. The molecule has 1 atom stereocenters. The summed E-state index contributed by atoms with van der Waals surface area (Å²) >= 11 is 0. The van der Waals surface area contributed by atoms with Crippen LogP contribution in [0.3, 0.4) is 0 Å². The number of amides is 1. The lowest BCUT2D eigenvalue weighted by Crippen LogP contribution is -2.34. The van der Waals surface area contributed by atoms with E-state index in [-0.39, 0.29) is 23.4 Å². The highest BCUT2D eigenvalue weighted by Gasteiger charge is 2.29. The Kier molecular flexibility index (Phi) is 8.09. The fourth-order valence-electron chi connectivity index (χ4n) is 4.17. The van der Waals surface area contributed by atoms with Crippen LogP contribution in [0.5, 0.6) is 0 Å². The van der Waals surface area contributed by atoms with Crippen molar-refractivity contribution < 1.29 is 13.2 Å². The van der Waals surface area contributed by atoms with Gasteiger partial charge >= 0.3 is 0 Å². The Bertz CT molecular complexity index is 1450. The molecule has 4 rings (SSSR count). The third-order valence-electron chi connectivity index (χ3n) is 6.43. The Hall–Kier alpha value is -3.90. The standard InChI is InChI=1S/C31H32N2O3S/c1-4-25-16-18-27(19-17-25)24(3)32-31(34)29-12-8-9-13-30(29)33(22-26-10-6-5-7-11-26)37(35,36)28-20-14-23(2)15-21-28/h5-21,24H,4,22H2,1-3H3,(H,32,34)/t24-/m1/s1. The van der Waals surface area contributed by atoms with E-state index >= 15 is 0 Å². The zero-order valence-corrected chi connectivity index (χ0v) is 22.2. The molecular weight excluding hydrogens is 480 g/mol. The average Bonchev–Trinajstić information content (AvgIpc) is 2.92. The van der Waals surface area contributed by atoms with Crippen molar-refractivity contribution >= 4 is 21.6 Å². The molecule has 0 aromatic heterocycles. The lowest BCUT2D eigenvalue weighted by molar-refractivity contribution is 0.0940. The van der Waals surface area contributed by atoms with Crippen LogP contribution in [0.25, 0.3) is 0 Å². The van der Waals surface area contributed by atoms with Gasteiger partial charge in [0.15, 0.2) is 0 Å². The second kappa shape index (κ2) is 11.4. The van der Waals surface area contributed by atoms with Crippen molar-refractivity contribution in [2.24, 2.45) is 0 Å². The monoisotopic (exact) mass is 512 g/mol. The summed E-state index contributed by atoms with van der Waals surface area (Å²) in [6, 6.07) is 30.9. The van der Waals surface area contributed by atoms with Gasteiger partial charge in [-0.15, -0.1) is 0 Å². The zero-order valence-electron chi connectivity index (χ0n) is 21.4. The molecule has 0 unspecified atom stereocenters. The molecule has 6 heteroatoms. The molecule has 5 nitrogen and oxygen atoms in total. The van der Waals surface area contributed by atoms with Crippen LogP contribution in [0, 0.1) is 6.92 Å². The van der Waals surface area contributed by atoms with E-state index in [1.165, 1.54) is 9.87 Å². The van der Waals surface area contributed by atoms with Gasteiger partial charge in [0.1, 0.15) is 0 Å². The molecule has 190 valence electrons. The van der Waals surface area contributed by atoms with Crippen LogP contribution in [0.2, 0.25) is 0 Å². The molecule has 0 saturated heterocycles. The minimum atomic E-state index is -3.96. The predicted molar refractivity (Wildman–Crippen MR) is 149 cm³/mol. The minimum Gasteiger partial charge on any atom is -0.345 e. The number of sulfonamides is 1. The number of carbonyl (C=O) groups excluding carboxylic acids is 1. The van der Waals surface area contributed by atoms with E-state index in [0.717, 1.165) is 23.1 Å². The van der Waals surface area contributed by atoms with E-state index in [2.05, 4.69) is 24.4 Å². The summed E-state index contributed by atoms with van der Waals surface area (Å²) in [4.78, 5) is 13.7. The molecule has 0 spiro atoms. The van der Waals surface area contributed by atoms with Gasteiger partial charge < -0.3 is 5.32 Å². The Labute approximate surface area is 219 Å². The summed E-state index contributed by atoms with van der Waals surface area (Å²) in [5.74, 6) is -0.333. The maximum Gasteiger partial charge on any atom is 0.264 e. The summed E-state index contributed by atoms with van der Waals surface area (Å²) in [6.07, 6.45) is 0.946. The van der Waals surface area contributed by atoms with Gasteiger partial charge in [0, 0.05) is 0 Å². The summed E-state index contributed by atoms with van der Waals surface area (Å²) < 4.78 is 29.2. The second-order valence-electron chi connectivity index (χ2n) is 9.12. The van der Waals surface area contributed by atoms with Gasteiger partial charge in [0.25, 0.3) is 15.9 Å². The maximum atomic E-state index is 13.9. The number of aryl methyl sites for hydroxylation is 2. The van der Waals surface area contributed by atoms with Crippen LogP contribution in [0.15, 0.2) is 108 Å². The number of benzene rings is 4. The summed E-state index contributed by atoms with van der Waals surface area (Å²) in [5, 5.41) is 3.05. The molecule has 0 fully saturated rings. The second-order valence-corrected chi connectivity index (χ2v) is 11.0. The Morgan fingerprint density at radius 3 is 2.08 bits per heavy atom. The number of carbonyl (C=O) groups is 1. The quantitative estimate of drug-likeness (QED) is 0.280. The van der Waals surface area contributed by atoms with Crippen LogP contribution in [0.1, 0.15) is 52.5 Å². The Morgan fingerprint density at radius 2 is 1.43 bits per heavy atom. The van der Waals surface area contributed by atoms with E-state index in [0.29, 0.717) is 11.3 Å². The molecule has 0 aliphatic heterocycles. The fraction of sp³-hybridized carbons (Fsp3) is 0.194. The number of para-hydroxylation sites is 1. The molecule has 0 saturated carbocycles. The maximum absolute atomic E-state index is 13.9. The van der Waals surface area contributed by atoms with E-state index in [4.69, 9.17) is 0 Å². The fourth-order valence-corrected chi connectivity index (χ4v) is 5.64. The lowest BCUT2D eigenvalue weighted by atomic mass is 10.0. The lowest BCUT2D eigenvalue weighted by Gasteiger charge is -2.27. The van der Waals surface area contributed by atoms with Crippen molar-refractivity contribution in [2.75, 3.05) is 4.31 Å². The third-order valence-corrected chi connectivity index (χ3v) is 8.20. The van der Waals surface area contributed by atoms with Crippen LogP contribution >= 0.6 is 0 Å². The molecule has 37 heavy (non-hydrogen) atoms. The largest absolute Gasteiger partial charge is 0.345 e. The van der Waals surface area contributed by atoms with Gasteiger partial charge in [-0.2, -0.15) is 0 Å². The number of hydrogen-bond donors (Lipinski definition) is 1. The Balaban J connectivity index is 1.71. The highest BCUT2D eigenvalue weighted by Crippen LogP contribution is 2.30. The summed E-state index contributed by atoms with van der Waals surface area (Å²) in [6.45, 7) is 6.03. The molecule has 1 amide bonds. The first-order chi connectivity index (χ1) is 17.8. The van der Waals surface area contributed by atoms with Crippen molar-refractivity contribution in [2.45, 2.75) is 44.7 Å². The van der Waals surface area contributed by atoms with Crippen LogP contribution in [0.4, 0.5) is 5.69 Å². The van der Waals surface area contributed by atoms with Crippen molar-refractivity contribution in [3.05, 3.63) is 131 Å². The minimum absolute atomic E-state index is 0.0926. The summed E-state index contributed by atoms with van der Waals surface area (Å²) in [5.41, 5.74) is 4.62.